The summed E-state index contributed by atoms with van der Waals surface area (Å²) in [4.78, 5) is 11.6. The van der Waals surface area contributed by atoms with Crippen LogP contribution in [0.2, 0.25) is 39.3 Å². The van der Waals surface area contributed by atoms with Gasteiger partial charge in [0.2, 0.25) is 5.91 Å². The lowest BCUT2D eigenvalue weighted by molar-refractivity contribution is -0.248. The molecule has 1 saturated heterocycles. The van der Waals surface area contributed by atoms with Crippen molar-refractivity contribution < 1.29 is 28.2 Å². The van der Waals surface area contributed by atoms with Crippen molar-refractivity contribution in [1.82, 2.24) is 5.32 Å². The quantitative estimate of drug-likeness (QED) is 0.649. The van der Waals surface area contributed by atoms with Gasteiger partial charge >= 0.3 is 0 Å². The molecule has 0 aromatic heterocycles. The Balaban J connectivity index is 3.19. The largest absolute Gasteiger partial charge is 0.410 e. The highest BCUT2D eigenvalue weighted by molar-refractivity contribution is 6.70. The summed E-state index contributed by atoms with van der Waals surface area (Å²) < 4.78 is 23.6. The van der Waals surface area contributed by atoms with E-state index >= 15 is 0 Å². The molecule has 1 aliphatic rings. The Hall–Kier alpha value is -0.296. The fraction of sp³-hybridized carbons (Fsp3) is 0.933. The van der Waals surface area contributed by atoms with Crippen molar-refractivity contribution in [1.29, 1.82) is 0 Å². The van der Waals surface area contributed by atoms with Crippen molar-refractivity contribution in [2.75, 3.05) is 13.7 Å². The molecule has 0 spiro atoms. The van der Waals surface area contributed by atoms with Crippen LogP contribution in [-0.2, 0) is 23.1 Å². The van der Waals surface area contributed by atoms with Gasteiger partial charge in [-0.2, -0.15) is 0 Å². The van der Waals surface area contributed by atoms with Gasteiger partial charge in [0.25, 0.3) is 0 Å². The van der Waals surface area contributed by atoms with Gasteiger partial charge in [-0.3, -0.25) is 4.79 Å². The molecule has 0 unspecified atom stereocenters. The van der Waals surface area contributed by atoms with E-state index in [0.717, 1.165) is 0 Å². The Morgan fingerprint density at radius 3 is 2.00 bits per heavy atom. The van der Waals surface area contributed by atoms with Gasteiger partial charge in [-0.05, 0) is 39.3 Å². The van der Waals surface area contributed by atoms with Crippen LogP contribution in [0.3, 0.4) is 0 Å². The first kappa shape index (κ1) is 21.7. The minimum atomic E-state index is -1.96. The molecule has 0 bridgehead atoms. The number of rotatable bonds is 7. The molecule has 24 heavy (non-hydrogen) atoms. The van der Waals surface area contributed by atoms with Gasteiger partial charge in [0.15, 0.2) is 22.9 Å². The van der Waals surface area contributed by atoms with E-state index in [-0.39, 0.29) is 12.5 Å². The van der Waals surface area contributed by atoms with E-state index in [0.29, 0.717) is 0 Å². The van der Waals surface area contributed by atoms with Crippen LogP contribution in [0.25, 0.3) is 0 Å². The first-order valence-corrected chi connectivity index (χ1v) is 15.1. The highest BCUT2D eigenvalue weighted by Crippen LogP contribution is 2.29. The third-order valence-corrected chi connectivity index (χ3v) is 5.30. The van der Waals surface area contributed by atoms with Crippen LogP contribution < -0.4 is 5.32 Å². The number of ether oxygens (including phenoxy) is 2. The number of hydrogen-bond acceptors (Lipinski definition) is 6. The molecule has 0 aliphatic carbocycles. The molecule has 1 amide bonds. The first-order chi connectivity index (χ1) is 10.8. The van der Waals surface area contributed by atoms with E-state index in [1.165, 1.54) is 6.92 Å². The van der Waals surface area contributed by atoms with Gasteiger partial charge < -0.3 is 28.7 Å². The molecule has 0 radical (unpaired) electrons. The maximum absolute atomic E-state index is 11.6. The van der Waals surface area contributed by atoms with Crippen LogP contribution >= 0.6 is 0 Å². The number of carbonyl (C=O) groups excluding carboxylic acids is 1. The summed E-state index contributed by atoms with van der Waals surface area (Å²) in [5.41, 5.74) is 0. The normalized spacial score (nSPS) is 31.8. The standard InChI is InChI=1S/C15H33NO6Si2/c1-10(17)16-12-14(22-24(6,7)8)13(21-23(3,4)5)11(9-19-2)20-15(12)18/h11-15,18H,9H2,1-8H3,(H,16,17)/t11-,12-,13-,14-,15+/m1/s1. The summed E-state index contributed by atoms with van der Waals surface area (Å²) >= 11 is 0. The summed E-state index contributed by atoms with van der Waals surface area (Å²) in [5.74, 6) is -0.247. The predicted molar refractivity (Wildman–Crippen MR) is 96.8 cm³/mol. The van der Waals surface area contributed by atoms with Crippen LogP contribution in [0.5, 0.6) is 0 Å². The minimum Gasteiger partial charge on any atom is -0.410 e. The third-order valence-electron chi connectivity index (χ3n) is 3.35. The smallest absolute Gasteiger partial charge is 0.217 e. The van der Waals surface area contributed by atoms with Crippen LogP contribution in [-0.4, -0.2) is 72.0 Å². The molecule has 1 fully saturated rings. The molecule has 0 aromatic rings. The van der Waals surface area contributed by atoms with E-state index in [1.807, 2.05) is 0 Å². The summed E-state index contributed by atoms with van der Waals surface area (Å²) in [6, 6.07) is -0.677. The molecule has 2 N–H and O–H groups in total. The minimum absolute atomic E-state index is 0.247. The summed E-state index contributed by atoms with van der Waals surface area (Å²) in [6.45, 7) is 14.1. The summed E-state index contributed by atoms with van der Waals surface area (Å²) in [6.07, 6.45) is -2.53. The molecule has 7 nitrogen and oxygen atoms in total. The average Bonchev–Trinajstić information content (AvgIpc) is 2.35. The predicted octanol–water partition coefficient (Wildman–Crippen LogP) is 1.29. The Bertz CT molecular complexity index is 423. The maximum Gasteiger partial charge on any atom is 0.217 e. The number of methoxy groups -OCH3 is 1. The van der Waals surface area contributed by atoms with Crippen LogP contribution in [0.15, 0.2) is 0 Å². The van der Waals surface area contributed by atoms with Gasteiger partial charge in [-0.1, -0.05) is 0 Å². The number of aliphatic hydroxyl groups excluding tert-OH is 1. The number of hydrogen-bond donors (Lipinski definition) is 2. The topological polar surface area (TPSA) is 86.2 Å². The highest BCUT2D eigenvalue weighted by atomic mass is 28.4. The highest BCUT2D eigenvalue weighted by Gasteiger charge is 2.49. The van der Waals surface area contributed by atoms with Crippen molar-refractivity contribution in [2.45, 2.75) is 76.8 Å². The summed E-state index contributed by atoms with van der Waals surface area (Å²) in [7, 11) is -2.30. The fourth-order valence-electron chi connectivity index (χ4n) is 2.71. The summed E-state index contributed by atoms with van der Waals surface area (Å²) in [5, 5.41) is 13.2. The van der Waals surface area contributed by atoms with E-state index in [1.54, 1.807) is 7.11 Å². The molecule has 142 valence electrons. The molecule has 0 aromatic carbocycles. The molecule has 5 atom stereocenters. The lowest BCUT2D eigenvalue weighted by Gasteiger charge is -2.48. The number of nitrogens with one attached hydrogen (secondary N) is 1. The second-order valence-electron chi connectivity index (χ2n) is 8.14. The zero-order chi connectivity index (χ0) is 18.7. The van der Waals surface area contributed by atoms with Gasteiger partial charge in [-0.15, -0.1) is 0 Å². The van der Waals surface area contributed by atoms with E-state index in [2.05, 4.69) is 44.6 Å². The SMILES string of the molecule is COC[C@H]1O[C@H](O)[C@H](NC(C)=O)[C@@H](O[Si](C)(C)C)[C@@H]1O[Si](C)(C)C. The third kappa shape index (κ3) is 6.91. The zero-order valence-electron chi connectivity index (χ0n) is 16.1. The van der Waals surface area contributed by atoms with Crippen molar-refractivity contribution in [3.63, 3.8) is 0 Å². The van der Waals surface area contributed by atoms with Crippen molar-refractivity contribution in [3.05, 3.63) is 0 Å². The molecule has 1 aliphatic heterocycles. The maximum atomic E-state index is 11.6. The molecular formula is C15H33NO6Si2. The lowest BCUT2D eigenvalue weighted by Crippen LogP contribution is -2.68. The Kier molecular flexibility index (Phi) is 7.60. The van der Waals surface area contributed by atoms with E-state index < -0.39 is 47.3 Å². The molecule has 1 heterocycles. The van der Waals surface area contributed by atoms with Crippen molar-refractivity contribution >= 4 is 22.5 Å². The van der Waals surface area contributed by atoms with Gasteiger partial charge in [0.05, 0.1) is 12.7 Å². The van der Waals surface area contributed by atoms with Gasteiger partial charge in [0, 0.05) is 14.0 Å². The fourth-order valence-corrected chi connectivity index (χ4v) is 4.91. The second kappa shape index (κ2) is 8.39. The number of aliphatic hydroxyl groups is 1. The van der Waals surface area contributed by atoms with E-state index in [9.17, 15) is 9.90 Å². The monoisotopic (exact) mass is 379 g/mol. The first-order valence-electron chi connectivity index (χ1n) is 8.29. The van der Waals surface area contributed by atoms with E-state index in [4.69, 9.17) is 18.3 Å². The zero-order valence-corrected chi connectivity index (χ0v) is 18.1. The van der Waals surface area contributed by atoms with Crippen LogP contribution in [0.1, 0.15) is 6.92 Å². The van der Waals surface area contributed by atoms with Crippen LogP contribution in [0, 0.1) is 0 Å². The van der Waals surface area contributed by atoms with Gasteiger partial charge in [0.1, 0.15) is 18.2 Å². The number of amides is 1. The average molecular weight is 380 g/mol. The van der Waals surface area contributed by atoms with Crippen LogP contribution in [0.4, 0.5) is 0 Å². The Labute approximate surface area is 147 Å². The lowest BCUT2D eigenvalue weighted by atomic mass is 9.97. The Morgan fingerprint density at radius 2 is 1.58 bits per heavy atom. The molecule has 9 heteroatoms. The molecular weight excluding hydrogens is 346 g/mol. The van der Waals surface area contributed by atoms with Gasteiger partial charge in [-0.25, -0.2) is 0 Å². The molecule has 1 rings (SSSR count). The van der Waals surface area contributed by atoms with Crippen molar-refractivity contribution in [2.24, 2.45) is 0 Å². The number of carbonyl (C=O) groups is 1. The second-order valence-corrected chi connectivity index (χ2v) is 17.1. The molecule has 0 saturated carbocycles. The van der Waals surface area contributed by atoms with Crippen molar-refractivity contribution in [3.8, 4) is 0 Å². The Morgan fingerprint density at radius 1 is 1.08 bits per heavy atom.